The van der Waals surface area contributed by atoms with Gasteiger partial charge in [0.15, 0.2) is 0 Å². The number of hydrogen-bond donors (Lipinski definition) is 0. The van der Waals surface area contributed by atoms with Crippen LogP contribution in [0.5, 0.6) is 5.75 Å². The van der Waals surface area contributed by atoms with Crippen molar-refractivity contribution < 1.29 is 14.3 Å². The van der Waals surface area contributed by atoms with E-state index in [2.05, 4.69) is 11.8 Å². The lowest BCUT2D eigenvalue weighted by atomic mass is 9.97. The highest BCUT2D eigenvalue weighted by Crippen LogP contribution is 2.34. The fourth-order valence-corrected chi connectivity index (χ4v) is 3.92. The molecular weight excluding hydrogens is 340 g/mol. The molecule has 1 atom stereocenters. The van der Waals surface area contributed by atoms with Gasteiger partial charge < -0.3 is 9.64 Å². The second kappa shape index (κ2) is 8.15. The molecule has 0 N–H and O–H groups in total. The minimum atomic E-state index is -0.175. The Labute approximate surface area is 162 Å². The maximum atomic E-state index is 13.2. The Hall–Kier alpha value is -2.30. The number of carbonyl (C=O) groups is 2. The molecule has 1 aromatic rings. The molecule has 3 rings (SSSR count). The average Bonchev–Trinajstić information content (AvgIpc) is 2.87. The third-order valence-corrected chi connectivity index (χ3v) is 5.12. The molecule has 0 radical (unpaired) electrons. The van der Waals surface area contributed by atoms with Crippen molar-refractivity contribution in [3.8, 4) is 5.75 Å². The first-order chi connectivity index (χ1) is 12.9. The molecule has 2 aliphatic rings. The van der Waals surface area contributed by atoms with Gasteiger partial charge in [0.25, 0.3) is 11.8 Å². The van der Waals surface area contributed by atoms with Crippen LogP contribution in [0.4, 0.5) is 0 Å². The molecule has 0 saturated carbocycles. The molecule has 0 aliphatic carbocycles. The maximum Gasteiger partial charge on any atom is 0.277 e. The number of nitrogens with zero attached hydrogens (tertiary/aromatic N) is 2. The van der Waals surface area contributed by atoms with E-state index in [-0.39, 0.29) is 17.7 Å². The van der Waals surface area contributed by atoms with E-state index < -0.39 is 0 Å². The molecule has 2 heterocycles. The summed E-state index contributed by atoms with van der Waals surface area (Å²) in [5.41, 5.74) is 1.91. The summed E-state index contributed by atoms with van der Waals surface area (Å²) in [7, 11) is 0. The lowest BCUT2D eigenvalue weighted by molar-refractivity contribution is -0.138. The largest absolute Gasteiger partial charge is 0.494 e. The van der Waals surface area contributed by atoms with E-state index in [4.69, 9.17) is 4.74 Å². The molecule has 0 aromatic heterocycles. The van der Waals surface area contributed by atoms with Crippen LogP contribution in [-0.2, 0) is 9.59 Å². The van der Waals surface area contributed by atoms with Crippen LogP contribution in [0.25, 0.3) is 5.57 Å². The van der Waals surface area contributed by atoms with Crippen molar-refractivity contribution in [3.05, 3.63) is 35.5 Å². The highest BCUT2D eigenvalue weighted by Gasteiger charge is 2.42. The Morgan fingerprint density at radius 1 is 1.15 bits per heavy atom. The first-order valence-corrected chi connectivity index (χ1v) is 10.0. The first-order valence-electron chi connectivity index (χ1n) is 10.0. The number of hydrogen-bond acceptors (Lipinski definition) is 4. The lowest BCUT2D eigenvalue weighted by Crippen LogP contribution is -2.40. The Morgan fingerprint density at radius 3 is 2.44 bits per heavy atom. The van der Waals surface area contributed by atoms with Crippen molar-refractivity contribution in [3.63, 3.8) is 0 Å². The van der Waals surface area contributed by atoms with E-state index in [1.807, 2.05) is 45.0 Å². The van der Waals surface area contributed by atoms with Gasteiger partial charge in [-0.05, 0) is 49.3 Å². The fraction of sp³-hybridized carbons (Fsp3) is 0.545. The Morgan fingerprint density at radius 2 is 1.85 bits per heavy atom. The minimum Gasteiger partial charge on any atom is -0.494 e. The number of amides is 2. The van der Waals surface area contributed by atoms with Crippen molar-refractivity contribution in [2.75, 3.05) is 26.2 Å². The molecule has 1 saturated heterocycles. The average molecular weight is 370 g/mol. The molecule has 5 heteroatoms. The smallest absolute Gasteiger partial charge is 0.277 e. The minimum absolute atomic E-state index is 0.147. The summed E-state index contributed by atoms with van der Waals surface area (Å²) in [6.07, 6.45) is 2.22. The van der Waals surface area contributed by atoms with Gasteiger partial charge in [-0.25, -0.2) is 0 Å². The molecule has 27 heavy (non-hydrogen) atoms. The second-order valence-electron chi connectivity index (χ2n) is 7.99. The molecule has 5 nitrogen and oxygen atoms in total. The summed E-state index contributed by atoms with van der Waals surface area (Å²) < 4.78 is 5.51. The predicted molar refractivity (Wildman–Crippen MR) is 106 cm³/mol. The first kappa shape index (κ1) is 19.5. The SMILES string of the molecule is CCOc1ccc(C2=C(N3CCCC(C)C3)C(=O)N(CC(C)C)C2=O)cc1. The van der Waals surface area contributed by atoms with Gasteiger partial charge in [-0.2, -0.15) is 0 Å². The van der Waals surface area contributed by atoms with Crippen molar-refractivity contribution in [2.24, 2.45) is 11.8 Å². The molecule has 146 valence electrons. The van der Waals surface area contributed by atoms with Crippen LogP contribution in [0.3, 0.4) is 0 Å². The molecule has 1 unspecified atom stereocenters. The van der Waals surface area contributed by atoms with Crippen molar-refractivity contribution in [2.45, 2.75) is 40.5 Å². The summed E-state index contributed by atoms with van der Waals surface area (Å²) in [5.74, 6) is 1.21. The van der Waals surface area contributed by atoms with E-state index in [9.17, 15) is 9.59 Å². The van der Waals surface area contributed by atoms with Crippen LogP contribution in [-0.4, -0.2) is 47.9 Å². The summed E-state index contributed by atoms with van der Waals surface area (Å²) in [6.45, 7) is 10.9. The van der Waals surface area contributed by atoms with Gasteiger partial charge in [-0.1, -0.05) is 32.9 Å². The van der Waals surface area contributed by atoms with Gasteiger partial charge in [-0.3, -0.25) is 14.5 Å². The molecule has 1 aromatic carbocycles. The summed E-state index contributed by atoms with van der Waals surface area (Å²) in [6, 6.07) is 7.51. The molecular formula is C22H30N2O3. The third-order valence-electron chi connectivity index (χ3n) is 5.12. The third kappa shape index (κ3) is 4.02. The molecule has 2 amide bonds. The van der Waals surface area contributed by atoms with Crippen LogP contribution in [0.15, 0.2) is 30.0 Å². The number of likely N-dealkylation sites (tertiary alicyclic amines) is 1. The lowest BCUT2D eigenvalue weighted by Gasteiger charge is -2.33. The molecule has 1 fully saturated rings. The van der Waals surface area contributed by atoms with Gasteiger partial charge in [0.2, 0.25) is 0 Å². The zero-order valence-electron chi connectivity index (χ0n) is 16.8. The van der Waals surface area contributed by atoms with Gasteiger partial charge in [0, 0.05) is 19.6 Å². The fourth-order valence-electron chi connectivity index (χ4n) is 3.92. The van der Waals surface area contributed by atoms with Gasteiger partial charge in [-0.15, -0.1) is 0 Å². The van der Waals surface area contributed by atoms with Crippen LogP contribution in [0, 0.1) is 11.8 Å². The second-order valence-corrected chi connectivity index (χ2v) is 7.99. The quantitative estimate of drug-likeness (QED) is 0.719. The van der Waals surface area contributed by atoms with Crippen LogP contribution in [0.1, 0.15) is 46.1 Å². The van der Waals surface area contributed by atoms with E-state index in [1.54, 1.807) is 0 Å². The zero-order valence-corrected chi connectivity index (χ0v) is 16.8. The number of rotatable bonds is 6. The van der Waals surface area contributed by atoms with Crippen LogP contribution < -0.4 is 4.74 Å². The normalized spacial score (nSPS) is 20.9. The van der Waals surface area contributed by atoms with Crippen LogP contribution in [0.2, 0.25) is 0 Å². The number of imide groups is 1. The van der Waals surface area contributed by atoms with Crippen molar-refractivity contribution in [1.82, 2.24) is 9.80 Å². The van der Waals surface area contributed by atoms with Crippen LogP contribution >= 0.6 is 0 Å². The Kier molecular flexibility index (Phi) is 5.88. The van der Waals surface area contributed by atoms with E-state index in [1.165, 1.54) is 11.3 Å². The molecule has 2 aliphatic heterocycles. The van der Waals surface area contributed by atoms with Gasteiger partial charge in [0.05, 0.1) is 12.2 Å². The highest BCUT2D eigenvalue weighted by atomic mass is 16.5. The summed E-state index contributed by atoms with van der Waals surface area (Å²) in [4.78, 5) is 29.9. The van der Waals surface area contributed by atoms with Crippen molar-refractivity contribution >= 4 is 17.4 Å². The van der Waals surface area contributed by atoms with Crippen molar-refractivity contribution in [1.29, 1.82) is 0 Å². The van der Waals surface area contributed by atoms with E-state index >= 15 is 0 Å². The number of ether oxygens (including phenoxy) is 1. The van der Waals surface area contributed by atoms with E-state index in [0.29, 0.717) is 30.3 Å². The van der Waals surface area contributed by atoms with Gasteiger partial charge in [0.1, 0.15) is 11.4 Å². The van der Waals surface area contributed by atoms with Gasteiger partial charge >= 0.3 is 0 Å². The predicted octanol–water partition coefficient (Wildman–Crippen LogP) is 3.55. The number of benzene rings is 1. The summed E-state index contributed by atoms with van der Waals surface area (Å²) in [5, 5.41) is 0. The zero-order chi connectivity index (χ0) is 19.6. The topological polar surface area (TPSA) is 49.9 Å². The number of piperidine rings is 1. The Bertz CT molecular complexity index is 736. The molecule has 0 spiro atoms. The maximum absolute atomic E-state index is 13.2. The number of carbonyl (C=O) groups excluding carboxylic acids is 2. The van der Waals surface area contributed by atoms with E-state index in [0.717, 1.165) is 30.8 Å². The molecule has 0 bridgehead atoms. The monoisotopic (exact) mass is 370 g/mol. The summed E-state index contributed by atoms with van der Waals surface area (Å²) >= 11 is 0. The standard InChI is InChI=1S/C22H30N2O3/c1-5-27-18-10-8-17(9-11-18)19-20(23-12-6-7-16(4)14-23)22(26)24(21(19)25)13-15(2)3/h8-11,15-16H,5-7,12-14H2,1-4H3. The Balaban J connectivity index is 2.01. The highest BCUT2D eigenvalue weighted by molar-refractivity contribution is 6.35.